The number of ether oxygens (including phenoxy) is 3. The molecular formula is C21H32N2O5. The van der Waals surface area contributed by atoms with Crippen molar-refractivity contribution in [1.29, 1.82) is 0 Å². The van der Waals surface area contributed by atoms with Crippen molar-refractivity contribution in [3.05, 3.63) is 35.9 Å². The number of benzene rings is 1. The van der Waals surface area contributed by atoms with Gasteiger partial charge < -0.3 is 30.0 Å². The van der Waals surface area contributed by atoms with Gasteiger partial charge in [-0.25, -0.2) is 4.79 Å². The number of alkyl carbamates (subject to hydrolysis) is 1. The van der Waals surface area contributed by atoms with Crippen LogP contribution >= 0.6 is 0 Å². The number of nitrogens with one attached hydrogen (secondary N) is 2. The average Bonchev–Trinajstić information content (AvgIpc) is 3.29. The van der Waals surface area contributed by atoms with Gasteiger partial charge >= 0.3 is 6.09 Å². The number of aliphatic hydroxyl groups excluding tert-OH is 1. The Labute approximate surface area is 166 Å². The summed E-state index contributed by atoms with van der Waals surface area (Å²) in [5.74, 6) is 0.571. The molecule has 2 aliphatic rings. The molecular weight excluding hydrogens is 360 g/mol. The fourth-order valence-electron chi connectivity index (χ4n) is 3.66. The highest BCUT2D eigenvalue weighted by molar-refractivity contribution is 5.67. The van der Waals surface area contributed by atoms with Crippen LogP contribution < -0.4 is 10.6 Å². The Morgan fingerprint density at radius 2 is 2.04 bits per heavy atom. The zero-order chi connectivity index (χ0) is 19.9. The summed E-state index contributed by atoms with van der Waals surface area (Å²) in [6.45, 7) is 6.16. The molecule has 0 bridgehead atoms. The van der Waals surface area contributed by atoms with Crippen molar-refractivity contribution in [1.82, 2.24) is 10.6 Å². The van der Waals surface area contributed by atoms with Crippen LogP contribution in [-0.4, -0.2) is 62.0 Å². The number of fused-ring (bicyclic) bond motifs is 1. The highest BCUT2D eigenvalue weighted by Crippen LogP contribution is 2.32. The predicted molar refractivity (Wildman–Crippen MR) is 105 cm³/mol. The van der Waals surface area contributed by atoms with Crippen LogP contribution in [0.4, 0.5) is 4.79 Å². The summed E-state index contributed by atoms with van der Waals surface area (Å²) in [5.41, 5.74) is 1.14. The number of rotatable bonds is 9. The normalized spacial score (nSPS) is 26.1. The second-order valence-corrected chi connectivity index (χ2v) is 8.02. The van der Waals surface area contributed by atoms with Gasteiger partial charge in [0.15, 0.2) is 6.29 Å². The van der Waals surface area contributed by atoms with Gasteiger partial charge in [0.2, 0.25) is 0 Å². The molecule has 28 heavy (non-hydrogen) atoms. The molecule has 2 heterocycles. The predicted octanol–water partition coefficient (Wildman–Crippen LogP) is 1.69. The lowest BCUT2D eigenvalue weighted by Gasteiger charge is -2.26. The number of hydrogen-bond donors (Lipinski definition) is 3. The van der Waals surface area contributed by atoms with Gasteiger partial charge in [0.1, 0.15) is 6.10 Å². The Hall–Kier alpha value is -1.67. The van der Waals surface area contributed by atoms with Crippen LogP contribution in [0.1, 0.15) is 25.8 Å². The minimum absolute atomic E-state index is 0.106. The van der Waals surface area contributed by atoms with Crippen LogP contribution in [0.2, 0.25) is 0 Å². The fraction of sp³-hybridized carbons (Fsp3) is 0.667. The van der Waals surface area contributed by atoms with Crippen LogP contribution in [0, 0.1) is 11.8 Å². The molecule has 5 atom stereocenters. The summed E-state index contributed by atoms with van der Waals surface area (Å²) < 4.78 is 16.4. The molecule has 1 aromatic carbocycles. The average molecular weight is 392 g/mol. The van der Waals surface area contributed by atoms with Crippen molar-refractivity contribution >= 4 is 6.09 Å². The molecule has 2 saturated heterocycles. The van der Waals surface area contributed by atoms with Gasteiger partial charge in [-0.2, -0.15) is 0 Å². The lowest BCUT2D eigenvalue weighted by atomic mass is 10.0. The molecule has 0 aliphatic carbocycles. The molecule has 3 N–H and O–H groups in total. The Kier molecular flexibility index (Phi) is 7.67. The van der Waals surface area contributed by atoms with Crippen LogP contribution in [0.15, 0.2) is 30.3 Å². The van der Waals surface area contributed by atoms with Gasteiger partial charge in [0.05, 0.1) is 25.2 Å². The summed E-state index contributed by atoms with van der Waals surface area (Å²) in [6, 6.07) is 9.87. The molecule has 0 spiro atoms. The van der Waals surface area contributed by atoms with E-state index in [9.17, 15) is 9.90 Å². The van der Waals surface area contributed by atoms with Gasteiger partial charge in [-0.05, 0) is 30.9 Å². The topological polar surface area (TPSA) is 89.1 Å². The van der Waals surface area contributed by atoms with E-state index in [-0.39, 0.29) is 30.9 Å². The maximum Gasteiger partial charge on any atom is 0.407 e. The third-order valence-corrected chi connectivity index (χ3v) is 5.25. The molecule has 2 aliphatic heterocycles. The van der Waals surface area contributed by atoms with E-state index < -0.39 is 12.2 Å². The molecule has 0 aromatic heterocycles. The maximum absolute atomic E-state index is 12.2. The van der Waals surface area contributed by atoms with E-state index >= 15 is 0 Å². The molecule has 7 nitrogen and oxygen atoms in total. The van der Waals surface area contributed by atoms with E-state index in [1.165, 1.54) is 0 Å². The van der Waals surface area contributed by atoms with E-state index in [2.05, 4.69) is 24.5 Å². The fourth-order valence-corrected chi connectivity index (χ4v) is 3.66. The van der Waals surface area contributed by atoms with Gasteiger partial charge in [-0.3, -0.25) is 0 Å². The van der Waals surface area contributed by atoms with Gasteiger partial charge in [0.25, 0.3) is 0 Å². The molecule has 2 fully saturated rings. The second-order valence-electron chi connectivity index (χ2n) is 8.02. The van der Waals surface area contributed by atoms with Crippen molar-refractivity contribution in [2.45, 2.75) is 51.2 Å². The highest BCUT2D eigenvalue weighted by atomic mass is 16.7. The molecule has 1 amide bonds. The maximum atomic E-state index is 12.2. The monoisotopic (exact) mass is 392 g/mol. The summed E-state index contributed by atoms with van der Waals surface area (Å²) in [7, 11) is 0. The van der Waals surface area contributed by atoms with E-state index in [0.717, 1.165) is 18.5 Å². The lowest BCUT2D eigenvalue weighted by Crippen LogP contribution is -2.48. The Balaban J connectivity index is 1.47. The first-order valence-electron chi connectivity index (χ1n) is 10.2. The van der Waals surface area contributed by atoms with Crippen molar-refractivity contribution in [2.75, 3.05) is 26.3 Å². The van der Waals surface area contributed by atoms with Crippen molar-refractivity contribution in [3.8, 4) is 0 Å². The third-order valence-electron chi connectivity index (χ3n) is 5.25. The zero-order valence-corrected chi connectivity index (χ0v) is 16.7. The van der Waals surface area contributed by atoms with Crippen molar-refractivity contribution in [3.63, 3.8) is 0 Å². The third kappa shape index (κ3) is 5.91. The minimum Gasteiger partial charge on any atom is -0.443 e. The molecule has 3 rings (SSSR count). The van der Waals surface area contributed by atoms with Gasteiger partial charge in [0, 0.05) is 12.6 Å². The van der Waals surface area contributed by atoms with E-state index in [1.54, 1.807) is 0 Å². The van der Waals surface area contributed by atoms with Crippen LogP contribution in [-0.2, 0) is 20.6 Å². The Bertz CT molecular complexity index is 612. The minimum atomic E-state index is -0.728. The summed E-state index contributed by atoms with van der Waals surface area (Å²) in [5, 5.41) is 16.8. The van der Waals surface area contributed by atoms with Crippen molar-refractivity contribution < 1.29 is 24.1 Å². The SMILES string of the molecule is CC(C)CNC(Cc1ccccc1)C(O)CNC(=O)OC1COC2OCCC12. The van der Waals surface area contributed by atoms with Crippen LogP contribution in [0.5, 0.6) is 0 Å². The number of aliphatic hydroxyl groups is 1. The largest absolute Gasteiger partial charge is 0.443 e. The summed E-state index contributed by atoms with van der Waals surface area (Å²) in [4.78, 5) is 12.2. The molecule has 5 unspecified atom stereocenters. The number of amides is 1. The number of carbonyl (C=O) groups is 1. The molecule has 156 valence electrons. The first-order valence-corrected chi connectivity index (χ1v) is 10.2. The Morgan fingerprint density at radius 3 is 2.79 bits per heavy atom. The van der Waals surface area contributed by atoms with Gasteiger partial charge in [-0.15, -0.1) is 0 Å². The summed E-state index contributed by atoms with van der Waals surface area (Å²) >= 11 is 0. The van der Waals surface area contributed by atoms with E-state index in [1.807, 2.05) is 30.3 Å². The molecule has 7 heteroatoms. The zero-order valence-electron chi connectivity index (χ0n) is 16.7. The standard InChI is InChI=1S/C21H32N2O5/c1-14(2)11-22-17(10-15-6-4-3-5-7-15)18(24)12-23-21(25)28-19-13-27-20-16(19)8-9-26-20/h3-7,14,16-20,22,24H,8-13H2,1-2H3,(H,23,25). The highest BCUT2D eigenvalue weighted by Gasteiger charge is 2.43. The van der Waals surface area contributed by atoms with Crippen molar-refractivity contribution in [2.24, 2.45) is 11.8 Å². The molecule has 0 saturated carbocycles. The molecule has 0 radical (unpaired) electrons. The first kappa shape index (κ1) is 21.0. The first-order chi connectivity index (χ1) is 13.5. The van der Waals surface area contributed by atoms with Gasteiger partial charge in [-0.1, -0.05) is 44.2 Å². The quantitative estimate of drug-likeness (QED) is 0.593. The smallest absolute Gasteiger partial charge is 0.407 e. The van der Waals surface area contributed by atoms with Crippen LogP contribution in [0.25, 0.3) is 0 Å². The number of hydrogen-bond acceptors (Lipinski definition) is 6. The summed E-state index contributed by atoms with van der Waals surface area (Å²) in [6.07, 6.45) is -0.272. The molecule has 1 aromatic rings. The van der Waals surface area contributed by atoms with E-state index in [4.69, 9.17) is 14.2 Å². The number of carbonyl (C=O) groups excluding carboxylic acids is 1. The second kappa shape index (κ2) is 10.2. The van der Waals surface area contributed by atoms with Crippen LogP contribution in [0.3, 0.4) is 0 Å². The van der Waals surface area contributed by atoms with E-state index in [0.29, 0.717) is 25.6 Å². The lowest BCUT2D eigenvalue weighted by molar-refractivity contribution is -0.0907. The Morgan fingerprint density at radius 1 is 1.25 bits per heavy atom.